The first kappa shape index (κ1) is 13.1. The van der Waals surface area contributed by atoms with Crippen molar-refractivity contribution >= 4 is 0 Å². The Hall–Kier alpha value is -0.860. The van der Waals surface area contributed by atoms with E-state index in [4.69, 9.17) is 0 Å². The van der Waals surface area contributed by atoms with Crippen LogP contribution in [0, 0.1) is 13.8 Å². The maximum atomic E-state index is 3.73. The number of nitrogens with one attached hydrogen (secondary N) is 1. The Morgan fingerprint density at radius 2 is 1.95 bits per heavy atom. The van der Waals surface area contributed by atoms with E-state index in [-0.39, 0.29) is 0 Å². The molecule has 0 amide bonds. The third kappa shape index (κ3) is 2.70. The molecule has 0 saturated carbocycles. The minimum Gasteiger partial charge on any atom is -0.312 e. The van der Waals surface area contributed by atoms with E-state index in [9.17, 15) is 0 Å². The topological polar surface area (TPSA) is 15.3 Å². The fourth-order valence-corrected chi connectivity index (χ4v) is 3.83. The molecular weight excluding hydrogens is 232 g/mol. The van der Waals surface area contributed by atoms with Crippen molar-refractivity contribution in [2.75, 3.05) is 19.6 Å². The highest BCUT2D eigenvalue weighted by Gasteiger charge is 2.33. The van der Waals surface area contributed by atoms with Crippen molar-refractivity contribution in [2.45, 2.75) is 51.6 Å². The second kappa shape index (κ2) is 5.64. The highest BCUT2D eigenvalue weighted by Crippen LogP contribution is 2.33. The lowest BCUT2D eigenvalue weighted by Gasteiger charge is -2.34. The zero-order valence-corrected chi connectivity index (χ0v) is 12.3. The van der Waals surface area contributed by atoms with Crippen LogP contribution in [0.15, 0.2) is 18.2 Å². The van der Waals surface area contributed by atoms with E-state index < -0.39 is 0 Å². The summed E-state index contributed by atoms with van der Waals surface area (Å²) >= 11 is 0. The molecule has 0 spiro atoms. The van der Waals surface area contributed by atoms with Crippen LogP contribution in [0.4, 0.5) is 0 Å². The number of nitrogens with zero attached hydrogens (tertiary/aromatic N) is 1. The van der Waals surface area contributed by atoms with Gasteiger partial charge in [-0.05, 0) is 70.3 Å². The number of benzene rings is 1. The van der Waals surface area contributed by atoms with Gasteiger partial charge in [-0.25, -0.2) is 0 Å². The normalized spacial score (nSPS) is 25.9. The molecule has 2 nitrogen and oxygen atoms in total. The summed E-state index contributed by atoms with van der Waals surface area (Å²) in [4.78, 5) is 2.71. The lowest BCUT2D eigenvalue weighted by Crippen LogP contribution is -2.40. The molecule has 2 unspecified atom stereocenters. The van der Waals surface area contributed by atoms with Gasteiger partial charge in [0.05, 0.1) is 6.04 Å². The van der Waals surface area contributed by atoms with E-state index in [1.54, 1.807) is 5.56 Å². The summed E-state index contributed by atoms with van der Waals surface area (Å²) in [6, 6.07) is 8.23. The van der Waals surface area contributed by atoms with Gasteiger partial charge in [0.1, 0.15) is 0 Å². The van der Waals surface area contributed by atoms with E-state index >= 15 is 0 Å². The summed E-state index contributed by atoms with van der Waals surface area (Å²) in [5.74, 6) is 0. The zero-order chi connectivity index (χ0) is 13.2. The van der Waals surface area contributed by atoms with E-state index in [0.717, 1.165) is 0 Å². The molecule has 2 aliphatic heterocycles. The zero-order valence-electron chi connectivity index (χ0n) is 12.3. The highest BCUT2D eigenvalue weighted by atomic mass is 15.2. The van der Waals surface area contributed by atoms with Gasteiger partial charge in [0.15, 0.2) is 0 Å². The molecule has 0 radical (unpaired) electrons. The molecule has 19 heavy (non-hydrogen) atoms. The van der Waals surface area contributed by atoms with Crippen LogP contribution in [-0.2, 0) is 0 Å². The van der Waals surface area contributed by atoms with Crippen LogP contribution in [0.2, 0.25) is 0 Å². The second-order valence-electron chi connectivity index (χ2n) is 6.25. The van der Waals surface area contributed by atoms with Gasteiger partial charge < -0.3 is 5.32 Å². The van der Waals surface area contributed by atoms with E-state index in [0.29, 0.717) is 12.1 Å². The predicted molar refractivity (Wildman–Crippen MR) is 80.5 cm³/mol. The summed E-state index contributed by atoms with van der Waals surface area (Å²) < 4.78 is 0. The molecule has 3 rings (SSSR count). The Labute approximate surface area is 117 Å². The first-order valence-electron chi connectivity index (χ1n) is 7.80. The molecular formula is C17H26N2. The van der Waals surface area contributed by atoms with Gasteiger partial charge in [0, 0.05) is 6.04 Å². The van der Waals surface area contributed by atoms with Crippen molar-refractivity contribution in [2.24, 2.45) is 0 Å². The molecule has 1 aromatic rings. The summed E-state index contributed by atoms with van der Waals surface area (Å²) in [7, 11) is 0. The molecule has 2 saturated heterocycles. The van der Waals surface area contributed by atoms with Crippen molar-refractivity contribution in [3.63, 3.8) is 0 Å². The third-order valence-corrected chi connectivity index (χ3v) is 4.76. The molecule has 2 aliphatic rings. The molecule has 2 fully saturated rings. The standard InChI is InChI=1S/C17H26N2/c1-13-7-8-15(14(2)12-13)17(16-6-5-9-18-16)19-10-3-4-11-19/h7-8,12,16-18H,3-6,9-11H2,1-2H3. The van der Waals surface area contributed by atoms with Crippen LogP contribution in [0.3, 0.4) is 0 Å². The van der Waals surface area contributed by atoms with E-state index in [2.05, 4.69) is 42.3 Å². The summed E-state index contributed by atoms with van der Waals surface area (Å²) in [6.45, 7) is 8.21. The lowest BCUT2D eigenvalue weighted by molar-refractivity contribution is 0.201. The number of rotatable bonds is 3. The Morgan fingerprint density at radius 3 is 2.58 bits per heavy atom. The van der Waals surface area contributed by atoms with E-state index in [1.807, 2.05) is 0 Å². The number of likely N-dealkylation sites (tertiary alicyclic amines) is 1. The van der Waals surface area contributed by atoms with Gasteiger partial charge in [-0.2, -0.15) is 0 Å². The highest BCUT2D eigenvalue weighted by molar-refractivity contribution is 5.34. The lowest BCUT2D eigenvalue weighted by atomic mass is 9.92. The van der Waals surface area contributed by atoms with Crippen molar-refractivity contribution in [1.29, 1.82) is 0 Å². The minimum absolute atomic E-state index is 0.589. The molecule has 2 heterocycles. The Kier molecular flexibility index (Phi) is 3.90. The molecule has 2 heteroatoms. The third-order valence-electron chi connectivity index (χ3n) is 4.76. The summed E-state index contributed by atoms with van der Waals surface area (Å²) in [5, 5.41) is 3.73. The first-order valence-corrected chi connectivity index (χ1v) is 7.80. The van der Waals surface area contributed by atoms with Crippen molar-refractivity contribution in [3.8, 4) is 0 Å². The van der Waals surface area contributed by atoms with Gasteiger partial charge in [-0.3, -0.25) is 4.90 Å². The molecule has 0 bridgehead atoms. The predicted octanol–water partition coefficient (Wildman–Crippen LogP) is 3.19. The average molecular weight is 258 g/mol. The van der Waals surface area contributed by atoms with Crippen molar-refractivity contribution in [3.05, 3.63) is 34.9 Å². The van der Waals surface area contributed by atoms with Gasteiger partial charge >= 0.3 is 0 Å². The average Bonchev–Trinajstić information content (AvgIpc) is 3.06. The Bertz CT molecular complexity index is 413. The summed E-state index contributed by atoms with van der Waals surface area (Å²) in [6.07, 6.45) is 5.40. The molecule has 104 valence electrons. The smallest absolute Gasteiger partial charge is 0.0503 e. The van der Waals surface area contributed by atoms with Gasteiger partial charge in [-0.1, -0.05) is 23.8 Å². The largest absolute Gasteiger partial charge is 0.312 e. The molecule has 1 aromatic carbocycles. The monoisotopic (exact) mass is 258 g/mol. The number of hydrogen-bond donors (Lipinski definition) is 1. The van der Waals surface area contributed by atoms with Crippen molar-refractivity contribution in [1.82, 2.24) is 10.2 Å². The first-order chi connectivity index (χ1) is 9.25. The van der Waals surface area contributed by atoms with E-state index in [1.165, 1.54) is 56.4 Å². The number of hydrogen-bond acceptors (Lipinski definition) is 2. The second-order valence-corrected chi connectivity index (χ2v) is 6.25. The maximum absolute atomic E-state index is 3.73. The number of aryl methyl sites for hydroxylation is 2. The molecule has 1 N–H and O–H groups in total. The maximum Gasteiger partial charge on any atom is 0.0503 e. The summed E-state index contributed by atoms with van der Waals surface area (Å²) in [5.41, 5.74) is 4.39. The van der Waals surface area contributed by atoms with Crippen LogP contribution in [0.5, 0.6) is 0 Å². The SMILES string of the molecule is Cc1ccc(C(C2CCCN2)N2CCCC2)c(C)c1. The van der Waals surface area contributed by atoms with Gasteiger partial charge in [0.2, 0.25) is 0 Å². The van der Waals surface area contributed by atoms with Gasteiger partial charge in [0.25, 0.3) is 0 Å². The van der Waals surface area contributed by atoms with Crippen LogP contribution in [0.25, 0.3) is 0 Å². The van der Waals surface area contributed by atoms with Gasteiger partial charge in [-0.15, -0.1) is 0 Å². The Morgan fingerprint density at radius 1 is 1.16 bits per heavy atom. The molecule has 0 aromatic heterocycles. The van der Waals surface area contributed by atoms with Crippen LogP contribution >= 0.6 is 0 Å². The fraction of sp³-hybridized carbons (Fsp3) is 0.647. The van der Waals surface area contributed by atoms with Crippen molar-refractivity contribution < 1.29 is 0 Å². The minimum atomic E-state index is 0.589. The molecule has 2 atom stereocenters. The quantitative estimate of drug-likeness (QED) is 0.895. The van der Waals surface area contributed by atoms with Crippen LogP contribution < -0.4 is 5.32 Å². The molecule has 0 aliphatic carbocycles. The Balaban J connectivity index is 1.92. The van der Waals surface area contributed by atoms with Crippen LogP contribution in [0.1, 0.15) is 48.4 Å². The van der Waals surface area contributed by atoms with Crippen LogP contribution in [-0.4, -0.2) is 30.6 Å². The fourth-order valence-electron chi connectivity index (χ4n) is 3.83.